The van der Waals surface area contributed by atoms with E-state index >= 15 is 0 Å². The van der Waals surface area contributed by atoms with E-state index < -0.39 is 4.84 Å². The molecule has 0 radical (unpaired) electrons. The molecule has 0 rings (SSSR count). The molecule has 1 nitrogen and oxygen atoms in total. The largest absolute Gasteiger partial charge is 0.376 e. The standard InChI is InChI=1S/C5H10Cl2O/c1-3-8-4(2)5(6)7/h4-5H,3H2,1-2H3. The highest BCUT2D eigenvalue weighted by molar-refractivity contribution is 6.44. The van der Waals surface area contributed by atoms with Crippen molar-refractivity contribution in [3.63, 3.8) is 0 Å². The Kier molecular flexibility index (Phi) is 4.72. The van der Waals surface area contributed by atoms with Crippen LogP contribution in [0.25, 0.3) is 0 Å². The Morgan fingerprint density at radius 1 is 1.50 bits per heavy atom. The number of halogens is 2. The van der Waals surface area contributed by atoms with Crippen LogP contribution in [0.1, 0.15) is 13.8 Å². The highest BCUT2D eigenvalue weighted by Crippen LogP contribution is 2.09. The van der Waals surface area contributed by atoms with Crippen LogP contribution >= 0.6 is 23.2 Å². The lowest BCUT2D eigenvalue weighted by Gasteiger charge is -2.10. The fourth-order valence-corrected chi connectivity index (χ4v) is 0.481. The van der Waals surface area contributed by atoms with E-state index in [-0.39, 0.29) is 6.10 Å². The van der Waals surface area contributed by atoms with Gasteiger partial charge in [-0.25, -0.2) is 0 Å². The zero-order valence-corrected chi connectivity index (χ0v) is 6.54. The number of alkyl halides is 2. The number of rotatable bonds is 3. The molecule has 0 N–H and O–H groups in total. The van der Waals surface area contributed by atoms with Gasteiger partial charge in [-0.05, 0) is 13.8 Å². The topological polar surface area (TPSA) is 9.23 Å². The minimum absolute atomic E-state index is 0.0525. The summed E-state index contributed by atoms with van der Waals surface area (Å²) in [4.78, 5) is -0.407. The third-order valence-electron chi connectivity index (χ3n) is 0.784. The third kappa shape index (κ3) is 3.53. The van der Waals surface area contributed by atoms with Gasteiger partial charge in [-0.1, -0.05) is 0 Å². The Balaban J connectivity index is 3.17. The van der Waals surface area contributed by atoms with E-state index in [1.54, 1.807) is 0 Å². The van der Waals surface area contributed by atoms with Gasteiger partial charge in [0.2, 0.25) is 0 Å². The smallest absolute Gasteiger partial charge is 0.133 e. The van der Waals surface area contributed by atoms with E-state index in [0.29, 0.717) is 6.61 Å². The third-order valence-corrected chi connectivity index (χ3v) is 1.49. The minimum Gasteiger partial charge on any atom is -0.376 e. The first-order valence-corrected chi connectivity index (χ1v) is 3.45. The van der Waals surface area contributed by atoms with Gasteiger partial charge in [0.25, 0.3) is 0 Å². The summed E-state index contributed by atoms with van der Waals surface area (Å²) in [5, 5.41) is 0. The molecule has 0 bridgehead atoms. The second-order valence-electron chi connectivity index (χ2n) is 1.49. The minimum atomic E-state index is -0.407. The zero-order valence-electron chi connectivity index (χ0n) is 5.03. The molecule has 50 valence electrons. The molecule has 0 saturated heterocycles. The maximum atomic E-state index is 5.45. The van der Waals surface area contributed by atoms with Crippen molar-refractivity contribution in [2.45, 2.75) is 24.8 Å². The Bertz CT molecular complexity index is 56.4. The van der Waals surface area contributed by atoms with Crippen molar-refractivity contribution >= 4 is 23.2 Å². The van der Waals surface area contributed by atoms with Gasteiger partial charge >= 0.3 is 0 Å². The lowest BCUT2D eigenvalue weighted by atomic mass is 10.5. The molecule has 0 heterocycles. The van der Waals surface area contributed by atoms with Gasteiger partial charge in [0.15, 0.2) is 0 Å². The fraction of sp³-hybridized carbons (Fsp3) is 1.00. The molecule has 0 spiro atoms. The molecule has 0 aromatic heterocycles. The molecule has 0 aliphatic heterocycles. The Labute approximate surface area is 59.9 Å². The van der Waals surface area contributed by atoms with Gasteiger partial charge in [-0.15, -0.1) is 23.2 Å². The van der Waals surface area contributed by atoms with Crippen molar-refractivity contribution in [1.29, 1.82) is 0 Å². The van der Waals surface area contributed by atoms with Gasteiger partial charge in [-0.3, -0.25) is 0 Å². The molecule has 0 aromatic carbocycles. The predicted octanol–water partition coefficient (Wildman–Crippen LogP) is 2.22. The normalized spacial score (nSPS) is 14.6. The van der Waals surface area contributed by atoms with Crippen molar-refractivity contribution < 1.29 is 4.74 Å². The first kappa shape index (κ1) is 8.54. The van der Waals surface area contributed by atoms with Gasteiger partial charge in [-0.2, -0.15) is 0 Å². The highest BCUT2D eigenvalue weighted by Gasteiger charge is 2.08. The van der Waals surface area contributed by atoms with E-state index in [4.69, 9.17) is 27.9 Å². The monoisotopic (exact) mass is 156 g/mol. The van der Waals surface area contributed by atoms with E-state index in [9.17, 15) is 0 Å². The molecule has 3 heteroatoms. The van der Waals surface area contributed by atoms with Crippen LogP contribution in [-0.2, 0) is 4.74 Å². The Morgan fingerprint density at radius 3 is 2.12 bits per heavy atom. The summed E-state index contributed by atoms with van der Waals surface area (Å²) in [7, 11) is 0. The van der Waals surface area contributed by atoms with Crippen LogP contribution in [0.2, 0.25) is 0 Å². The Hall–Kier alpha value is 0.540. The summed E-state index contributed by atoms with van der Waals surface area (Å²) in [6.07, 6.45) is -0.0525. The summed E-state index contributed by atoms with van der Waals surface area (Å²) in [6, 6.07) is 0. The van der Waals surface area contributed by atoms with Crippen LogP contribution in [0.15, 0.2) is 0 Å². The van der Waals surface area contributed by atoms with Crippen molar-refractivity contribution in [1.82, 2.24) is 0 Å². The lowest BCUT2D eigenvalue weighted by Crippen LogP contribution is -2.15. The van der Waals surface area contributed by atoms with Crippen LogP contribution in [0.3, 0.4) is 0 Å². The summed E-state index contributed by atoms with van der Waals surface area (Å²) in [5.41, 5.74) is 0. The van der Waals surface area contributed by atoms with E-state index in [1.165, 1.54) is 0 Å². The quantitative estimate of drug-likeness (QED) is 0.570. The van der Waals surface area contributed by atoms with Gasteiger partial charge in [0, 0.05) is 6.61 Å². The molecule has 0 aliphatic carbocycles. The maximum Gasteiger partial charge on any atom is 0.133 e. The molecule has 0 saturated carbocycles. The summed E-state index contributed by atoms with van der Waals surface area (Å²) in [5.74, 6) is 0. The van der Waals surface area contributed by atoms with Gasteiger partial charge in [0.05, 0.1) is 6.10 Å². The zero-order chi connectivity index (χ0) is 6.57. The van der Waals surface area contributed by atoms with Crippen molar-refractivity contribution in [3.8, 4) is 0 Å². The SMILES string of the molecule is CCOC(C)C(Cl)Cl. The van der Waals surface area contributed by atoms with Crippen LogP contribution < -0.4 is 0 Å². The van der Waals surface area contributed by atoms with Crippen LogP contribution in [0, 0.1) is 0 Å². The van der Waals surface area contributed by atoms with Crippen LogP contribution in [-0.4, -0.2) is 17.5 Å². The van der Waals surface area contributed by atoms with Crippen molar-refractivity contribution in [3.05, 3.63) is 0 Å². The molecule has 1 unspecified atom stereocenters. The molecular formula is C5H10Cl2O. The summed E-state index contributed by atoms with van der Waals surface area (Å²) in [6.45, 7) is 4.41. The maximum absolute atomic E-state index is 5.45. The summed E-state index contributed by atoms with van der Waals surface area (Å²) >= 11 is 10.9. The molecule has 0 amide bonds. The Morgan fingerprint density at radius 2 is 2.00 bits per heavy atom. The van der Waals surface area contributed by atoms with Crippen LogP contribution in [0.5, 0.6) is 0 Å². The molecule has 1 atom stereocenters. The fourth-order valence-electron chi connectivity index (χ4n) is 0.336. The van der Waals surface area contributed by atoms with Crippen LogP contribution in [0.4, 0.5) is 0 Å². The van der Waals surface area contributed by atoms with E-state index in [1.807, 2.05) is 13.8 Å². The first-order valence-electron chi connectivity index (χ1n) is 2.58. The molecular weight excluding hydrogens is 147 g/mol. The molecule has 0 fully saturated rings. The highest BCUT2D eigenvalue weighted by atomic mass is 35.5. The number of ether oxygens (including phenoxy) is 1. The number of hydrogen-bond donors (Lipinski definition) is 0. The molecule has 0 aliphatic rings. The second-order valence-corrected chi connectivity index (χ2v) is 2.66. The first-order chi connectivity index (χ1) is 3.68. The van der Waals surface area contributed by atoms with Gasteiger partial charge in [0.1, 0.15) is 4.84 Å². The van der Waals surface area contributed by atoms with Crippen molar-refractivity contribution in [2.75, 3.05) is 6.61 Å². The van der Waals surface area contributed by atoms with E-state index in [0.717, 1.165) is 0 Å². The van der Waals surface area contributed by atoms with Gasteiger partial charge < -0.3 is 4.74 Å². The summed E-state index contributed by atoms with van der Waals surface area (Å²) < 4.78 is 5.04. The average molecular weight is 157 g/mol. The lowest BCUT2D eigenvalue weighted by molar-refractivity contribution is 0.0859. The van der Waals surface area contributed by atoms with E-state index in [2.05, 4.69) is 0 Å². The second kappa shape index (κ2) is 4.42. The molecule has 0 aromatic rings. The number of hydrogen-bond acceptors (Lipinski definition) is 1. The van der Waals surface area contributed by atoms with Crippen molar-refractivity contribution in [2.24, 2.45) is 0 Å². The average Bonchev–Trinajstić information content (AvgIpc) is 1.67. The molecule has 8 heavy (non-hydrogen) atoms. The predicted molar refractivity (Wildman–Crippen MR) is 36.6 cm³/mol.